The van der Waals surface area contributed by atoms with Crippen LogP contribution in [0.2, 0.25) is 0 Å². The number of H-pyrrole nitrogens is 1. The first-order valence-electron chi connectivity index (χ1n) is 4.88. The molecule has 1 heterocycles. The van der Waals surface area contributed by atoms with Gasteiger partial charge in [-0.05, 0) is 12.1 Å². The lowest BCUT2D eigenvalue weighted by Crippen LogP contribution is -1.95. The maximum absolute atomic E-state index is 13.7. The SMILES string of the molecule is COc1cc(F)c(-c2cc(C(=O)O)[nH]n2)cc1O. The molecule has 0 radical (unpaired) electrons. The number of aromatic carboxylic acids is 1. The van der Waals surface area contributed by atoms with E-state index in [9.17, 15) is 14.3 Å². The van der Waals surface area contributed by atoms with Crippen LogP contribution in [-0.2, 0) is 0 Å². The molecule has 0 aliphatic carbocycles. The zero-order chi connectivity index (χ0) is 13.3. The van der Waals surface area contributed by atoms with E-state index in [0.717, 1.165) is 12.1 Å². The molecule has 0 bridgehead atoms. The van der Waals surface area contributed by atoms with Crippen molar-refractivity contribution < 1.29 is 24.1 Å². The number of nitrogens with one attached hydrogen (secondary N) is 1. The average molecular weight is 252 g/mol. The molecule has 0 aliphatic rings. The van der Waals surface area contributed by atoms with Crippen molar-refractivity contribution in [2.45, 2.75) is 0 Å². The van der Waals surface area contributed by atoms with Gasteiger partial charge in [0.1, 0.15) is 11.5 Å². The number of halogens is 1. The van der Waals surface area contributed by atoms with E-state index in [2.05, 4.69) is 10.2 Å². The number of carboxylic acids is 1. The number of carboxylic acid groups (broad SMARTS) is 1. The summed E-state index contributed by atoms with van der Waals surface area (Å²) in [6.45, 7) is 0. The largest absolute Gasteiger partial charge is 0.504 e. The van der Waals surface area contributed by atoms with Gasteiger partial charge in [0.25, 0.3) is 0 Å². The molecule has 0 aliphatic heterocycles. The Labute approximate surface area is 101 Å². The molecule has 94 valence electrons. The van der Waals surface area contributed by atoms with E-state index in [0.29, 0.717) is 0 Å². The minimum atomic E-state index is -1.20. The Balaban J connectivity index is 2.50. The van der Waals surface area contributed by atoms with Crippen molar-refractivity contribution in [3.63, 3.8) is 0 Å². The molecule has 0 atom stereocenters. The quantitative estimate of drug-likeness (QED) is 0.771. The first-order chi connectivity index (χ1) is 8.52. The van der Waals surface area contributed by atoms with E-state index in [4.69, 9.17) is 9.84 Å². The maximum atomic E-state index is 13.7. The van der Waals surface area contributed by atoms with Crippen molar-refractivity contribution in [2.24, 2.45) is 0 Å². The van der Waals surface area contributed by atoms with Crippen molar-refractivity contribution >= 4 is 5.97 Å². The smallest absolute Gasteiger partial charge is 0.353 e. The van der Waals surface area contributed by atoms with E-state index in [1.165, 1.54) is 13.2 Å². The summed E-state index contributed by atoms with van der Waals surface area (Å²) in [5.41, 5.74) is -0.0976. The average Bonchev–Trinajstić information content (AvgIpc) is 2.81. The first kappa shape index (κ1) is 11.9. The monoisotopic (exact) mass is 252 g/mol. The normalized spacial score (nSPS) is 10.3. The van der Waals surface area contributed by atoms with Crippen molar-refractivity contribution in [1.29, 1.82) is 0 Å². The third-order valence-corrected chi connectivity index (χ3v) is 2.35. The number of phenolic OH excluding ortho intramolecular Hbond substituents is 1. The van der Waals surface area contributed by atoms with Gasteiger partial charge in [0, 0.05) is 11.6 Å². The number of ether oxygens (including phenoxy) is 1. The highest BCUT2D eigenvalue weighted by Gasteiger charge is 2.15. The first-order valence-corrected chi connectivity index (χ1v) is 4.88. The lowest BCUT2D eigenvalue weighted by molar-refractivity contribution is 0.0690. The minimum absolute atomic E-state index is 0.00903. The third-order valence-electron chi connectivity index (χ3n) is 2.35. The molecular formula is C11H9FN2O4. The molecule has 2 aromatic rings. The molecule has 0 fully saturated rings. The van der Waals surface area contributed by atoms with Crippen LogP contribution in [0.25, 0.3) is 11.3 Å². The van der Waals surface area contributed by atoms with E-state index in [-0.39, 0.29) is 28.5 Å². The second-order valence-electron chi connectivity index (χ2n) is 3.48. The number of nitrogens with zero attached hydrogens (tertiary/aromatic N) is 1. The second kappa shape index (κ2) is 4.36. The van der Waals surface area contributed by atoms with Gasteiger partial charge in [-0.2, -0.15) is 5.10 Å². The molecule has 0 saturated carbocycles. The van der Waals surface area contributed by atoms with Crippen LogP contribution in [0.5, 0.6) is 11.5 Å². The molecule has 0 saturated heterocycles. The number of aromatic amines is 1. The van der Waals surface area contributed by atoms with Gasteiger partial charge in [-0.25, -0.2) is 9.18 Å². The third kappa shape index (κ3) is 1.97. The zero-order valence-electron chi connectivity index (χ0n) is 9.27. The standard InChI is InChI=1S/C11H9FN2O4/c1-18-10-3-6(12)5(2-9(10)15)7-4-8(11(16)17)14-13-7/h2-4,15H,1H3,(H,13,14)(H,16,17). The fourth-order valence-corrected chi connectivity index (χ4v) is 1.47. The van der Waals surface area contributed by atoms with E-state index >= 15 is 0 Å². The lowest BCUT2D eigenvalue weighted by Gasteiger charge is -2.05. The molecule has 1 aromatic carbocycles. The van der Waals surface area contributed by atoms with Gasteiger partial charge in [0.2, 0.25) is 0 Å². The number of hydrogen-bond acceptors (Lipinski definition) is 4. The summed E-state index contributed by atoms with van der Waals surface area (Å²) < 4.78 is 18.5. The van der Waals surface area contributed by atoms with Crippen molar-refractivity contribution in [3.05, 3.63) is 29.7 Å². The number of aromatic nitrogens is 2. The molecule has 18 heavy (non-hydrogen) atoms. The van der Waals surface area contributed by atoms with E-state index in [1.54, 1.807) is 0 Å². The summed E-state index contributed by atoms with van der Waals surface area (Å²) in [4.78, 5) is 10.7. The zero-order valence-corrected chi connectivity index (χ0v) is 9.27. The molecule has 7 heteroatoms. The van der Waals surface area contributed by atoms with Crippen molar-refractivity contribution in [3.8, 4) is 22.8 Å². The van der Waals surface area contributed by atoms with Gasteiger partial charge in [-0.1, -0.05) is 0 Å². The van der Waals surface area contributed by atoms with Gasteiger partial charge in [-0.15, -0.1) is 0 Å². The summed E-state index contributed by atoms with van der Waals surface area (Å²) in [7, 11) is 1.30. The molecule has 6 nitrogen and oxygen atoms in total. The number of benzene rings is 1. The Bertz CT molecular complexity index is 609. The molecule has 2 rings (SSSR count). The van der Waals surface area contributed by atoms with Crippen LogP contribution in [0.15, 0.2) is 18.2 Å². The molecule has 0 unspecified atom stereocenters. The Morgan fingerprint density at radius 1 is 1.44 bits per heavy atom. The summed E-state index contributed by atoms with van der Waals surface area (Å²) in [5.74, 6) is -2.14. The fourth-order valence-electron chi connectivity index (χ4n) is 1.47. The Morgan fingerprint density at radius 2 is 2.17 bits per heavy atom. The highest BCUT2D eigenvalue weighted by atomic mass is 19.1. The number of methoxy groups -OCH3 is 1. The predicted molar refractivity (Wildman–Crippen MR) is 59.2 cm³/mol. The summed E-state index contributed by atoms with van der Waals surface area (Å²) in [6, 6.07) is 3.29. The van der Waals surface area contributed by atoms with Crippen LogP contribution < -0.4 is 4.74 Å². The highest BCUT2D eigenvalue weighted by molar-refractivity contribution is 5.87. The number of rotatable bonds is 3. The number of hydrogen-bond donors (Lipinski definition) is 3. The van der Waals surface area contributed by atoms with Crippen LogP contribution in [0.1, 0.15) is 10.5 Å². The summed E-state index contributed by atoms with van der Waals surface area (Å²) in [5, 5.41) is 24.2. The number of carbonyl (C=O) groups is 1. The number of phenols is 1. The van der Waals surface area contributed by atoms with Gasteiger partial charge < -0.3 is 14.9 Å². The molecule has 1 aromatic heterocycles. The lowest BCUT2D eigenvalue weighted by atomic mass is 10.1. The highest BCUT2D eigenvalue weighted by Crippen LogP contribution is 2.33. The fraction of sp³-hybridized carbons (Fsp3) is 0.0909. The van der Waals surface area contributed by atoms with Gasteiger partial charge in [0.15, 0.2) is 11.5 Å². The molecular weight excluding hydrogens is 243 g/mol. The van der Waals surface area contributed by atoms with Gasteiger partial charge >= 0.3 is 5.97 Å². The molecule has 0 amide bonds. The van der Waals surface area contributed by atoms with Crippen molar-refractivity contribution in [2.75, 3.05) is 7.11 Å². The predicted octanol–water partition coefficient (Wildman–Crippen LogP) is 1.63. The van der Waals surface area contributed by atoms with Crippen LogP contribution in [-0.4, -0.2) is 33.5 Å². The van der Waals surface area contributed by atoms with Gasteiger partial charge in [0.05, 0.1) is 12.8 Å². The summed E-state index contributed by atoms with van der Waals surface area (Å²) in [6.07, 6.45) is 0. The molecule has 3 N–H and O–H groups in total. The van der Waals surface area contributed by atoms with Crippen LogP contribution >= 0.6 is 0 Å². The topological polar surface area (TPSA) is 95.4 Å². The van der Waals surface area contributed by atoms with Crippen LogP contribution in [0, 0.1) is 5.82 Å². The molecule has 0 spiro atoms. The number of aromatic hydroxyl groups is 1. The van der Waals surface area contributed by atoms with Crippen molar-refractivity contribution in [1.82, 2.24) is 10.2 Å². The Morgan fingerprint density at radius 3 is 2.72 bits per heavy atom. The Kier molecular flexibility index (Phi) is 2.88. The van der Waals surface area contributed by atoms with E-state index < -0.39 is 11.8 Å². The van der Waals surface area contributed by atoms with E-state index in [1.807, 2.05) is 0 Å². The van der Waals surface area contributed by atoms with Gasteiger partial charge in [-0.3, -0.25) is 5.10 Å². The maximum Gasteiger partial charge on any atom is 0.353 e. The van der Waals surface area contributed by atoms with Crippen LogP contribution in [0.4, 0.5) is 4.39 Å². The summed E-state index contributed by atoms with van der Waals surface area (Å²) >= 11 is 0. The Hall–Kier alpha value is -2.57. The second-order valence-corrected chi connectivity index (χ2v) is 3.48. The van der Waals surface area contributed by atoms with Crippen LogP contribution in [0.3, 0.4) is 0 Å². The minimum Gasteiger partial charge on any atom is -0.504 e.